The molecule has 0 aliphatic heterocycles. The predicted molar refractivity (Wildman–Crippen MR) is 69.0 cm³/mol. The molecule has 4 heteroatoms. The third kappa shape index (κ3) is 3.59. The Labute approximate surface area is 105 Å². The Bertz CT molecular complexity index is 527. The molecule has 0 saturated heterocycles. The minimum absolute atomic E-state index is 0.892. The fraction of sp³-hybridized carbons (Fsp3) is 0.143. The number of carboxylic acid groups (broad SMARTS) is 1. The first kappa shape index (κ1) is 12.1. The Morgan fingerprint density at radius 2 is 2.11 bits per heavy atom. The summed E-state index contributed by atoms with van der Waals surface area (Å²) in [5.41, 5.74) is 2.11. The van der Waals surface area contributed by atoms with E-state index >= 15 is 0 Å². The second-order valence-electron chi connectivity index (χ2n) is 3.96. The van der Waals surface area contributed by atoms with Crippen LogP contribution in [-0.4, -0.2) is 20.6 Å². The molecule has 0 atom stereocenters. The highest BCUT2D eigenvalue weighted by atomic mass is 16.4. The Morgan fingerprint density at radius 1 is 1.33 bits per heavy atom. The molecule has 92 valence electrons. The summed E-state index contributed by atoms with van der Waals surface area (Å²) in [5.74, 6) is -0.931. The number of aliphatic carboxylic acids is 1. The van der Waals surface area contributed by atoms with E-state index in [0.29, 0.717) is 0 Å². The molecule has 1 aromatic carbocycles. The normalized spacial score (nSPS) is 10.9. The molecule has 0 aliphatic carbocycles. The molecular weight excluding hydrogens is 228 g/mol. The third-order valence-corrected chi connectivity index (χ3v) is 2.62. The average molecular weight is 242 g/mol. The van der Waals surface area contributed by atoms with E-state index in [1.165, 1.54) is 5.56 Å². The van der Waals surface area contributed by atoms with Crippen LogP contribution in [0.2, 0.25) is 0 Å². The lowest BCUT2D eigenvalue weighted by Crippen LogP contribution is -1.98. The van der Waals surface area contributed by atoms with E-state index in [2.05, 4.69) is 4.98 Å². The van der Waals surface area contributed by atoms with Crippen molar-refractivity contribution in [2.75, 3.05) is 0 Å². The summed E-state index contributed by atoms with van der Waals surface area (Å²) < 4.78 is 2.03. The summed E-state index contributed by atoms with van der Waals surface area (Å²) in [6.07, 6.45) is 9.15. The van der Waals surface area contributed by atoms with Crippen molar-refractivity contribution in [2.24, 2.45) is 0 Å². The Morgan fingerprint density at radius 3 is 2.72 bits per heavy atom. The largest absolute Gasteiger partial charge is 0.478 e. The number of nitrogens with zero attached hydrogens (tertiary/aromatic N) is 2. The van der Waals surface area contributed by atoms with Gasteiger partial charge in [0.25, 0.3) is 0 Å². The van der Waals surface area contributed by atoms with Crippen LogP contribution in [-0.2, 0) is 17.8 Å². The minimum Gasteiger partial charge on any atom is -0.478 e. The molecule has 0 bridgehead atoms. The van der Waals surface area contributed by atoms with Gasteiger partial charge in [0.15, 0.2) is 0 Å². The van der Waals surface area contributed by atoms with Gasteiger partial charge in [0.05, 0.1) is 6.33 Å². The molecule has 0 fully saturated rings. The Hall–Kier alpha value is -2.36. The molecular formula is C14H14N2O2. The first-order chi connectivity index (χ1) is 8.74. The molecule has 2 aromatic rings. The fourth-order valence-corrected chi connectivity index (χ4v) is 1.64. The van der Waals surface area contributed by atoms with Gasteiger partial charge in [0.1, 0.15) is 0 Å². The van der Waals surface area contributed by atoms with Gasteiger partial charge in [-0.3, -0.25) is 0 Å². The number of carboxylic acids is 1. The van der Waals surface area contributed by atoms with E-state index in [-0.39, 0.29) is 0 Å². The number of hydrogen-bond acceptors (Lipinski definition) is 2. The molecule has 1 N–H and O–H groups in total. The Balaban J connectivity index is 1.93. The van der Waals surface area contributed by atoms with Gasteiger partial charge >= 0.3 is 5.97 Å². The predicted octanol–water partition coefficient (Wildman–Crippen LogP) is 2.22. The number of hydrogen-bond donors (Lipinski definition) is 1. The highest BCUT2D eigenvalue weighted by Crippen LogP contribution is 2.07. The van der Waals surface area contributed by atoms with E-state index in [1.54, 1.807) is 18.6 Å². The molecule has 1 heterocycles. The molecule has 0 spiro atoms. The van der Waals surface area contributed by atoms with Gasteiger partial charge in [-0.05, 0) is 23.6 Å². The number of carbonyl (C=O) groups is 1. The molecule has 0 aliphatic rings. The van der Waals surface area contributed by atoms with Gasteiger partial charge in [-0.1, -0.05) is 24.3 Å². The second-order valence-corrected chi connectivity index (χ2v) is 3.96. The third-order valence-electron chi connectivity index (χ3n) is 2.62. The van der Waals surface area contributed by atoms with E-state index in [9.17, 15) is 4.79 Å². The SMILES string of the molecule is O=C(O)/C=C/c1ccc(CCn2ccnc2)cc1. The van der Waals surface area contributed by atoms with E-state index in [1.807, 2.05) is 35.0 Å². The van der Waals surface area contributed by atoms with E-state index < -0.39 is 5.97 Å². The zero-order valence-corrected chi connectivity index (χ0v) is 9.86. The van der Waals surface area contributed by atoms with Crippen molar-refractivity contribution in [3.05, 3.63) is 60.2 Å². The molecule has 0 radical (unpaired) electrons. The summed E-state index contributed by atoms with van der Waals surface area (Å²) in [7, 11) is 0. The van der Waals surface area contributed by atoms with Crippen LogP contribution < -0.4 is 0 Å². The molecule has 4 nitrogen and oxygen atoms in total. The molecule has 0 amide bonds. The van der Waals surface area contributed by atoms with Gasteiger partial charge in [0, 0.05) is 25.0 Å². The topological polar surface area (TPSA) is 55.1 Å². The van der Waals surface area contributed by atoms with Crippen molar-refractivity contribution >= 4 is 12.0 Å². The monoisotopic (exact) mass is 242 g/mol. The fourth-order valence-electron chi connectivity index (χ4n) is 1.64. The van der Waals surface area contributed by atoms with Crippen molar-refractivity contribution in [2.45, 2.75) is 13.0 Å². The van der Waals surface area contributed by atoms with Crippen LogP contribution >= 0.6 is 0 Å². The highest BCUT2D eigenvalue weighted by molar-refractivity contribution is 5.85. The first-order valence-electron chi connectivity index (χ1n) is 5.70. The molecule has 2 rings (SSSR count). The van der Waals surface area contributed by atoms with Crippen molar-refractivity contribution in [3.8, 4) is 0 Å². The molecule has 18 heavy (non-hydrogen) atoms. The highest BCUT2D eigenvalue weighted by Gasteiger charge is 1.95. The second kappa shape index (κ2) is 5.82. The van der Waals surface area contributed by atoms with Crippen molar-refractivity contribution in [1.29, 1.82) is 0 Å². The van der Waals surface area contributed by atoms with Gasteiger partial charge in [0.2, 0.25) is 0 Å². The average Bonchev–Trinajstić information content (AvgIpc) is 2.88. The minimum atomic E-state index is -0.931. The van der Waals surface area contributed by atoms with E-state index in [0.717, 1.165) is 24.6 Å². The number of aromatic nitrogens is 2. The van der Waals surface area contributed by atoms with Gasteiger partial charge in [-0.15, -0.1) is 0 Å². The Kier molecular flexibility index (Phi) is 3.91. The smallest absolute Gasteiger partial charge is 0.328 e. The van der Waals surface area contributed by atoms with Crippen LogP contribution in [0, 0.1) is 0 Å². The van der Waals surface area contributed by atoms with Crippen LogP contribution in [0.3, 0.4) is 0 Å². The maximum absolute atomic E-state index is 10.4. The van der Waals surface area contributed by atoms with Crippen LogP contribution in [0.25, 0.3) is 6.08 Å². The quantitative estimate of drug-likeness (QED) is 0.818. The molecule has 1 aromatic heterocycles. The first-order valence-corrected chi connectivity index (χ1v) is 5.70. The summed E-state index contributed by atoms with van der Waals surface area (Å²) in [6.45, 7) is 0.893. The van der Waals surface area contributed by atoms with Crippen LogP contribution in [0.5, 0.6) is 0 Å². The lowest BCUT2D eigenvalue weighted by atomic mass is 10.1. The summed E-state index contributed by atoms with van der Waals surface area (Å²) in [5, 5.41) is 8.52. The summed E-state index contributed by atoms with van der Waals surface area (Å²) in [4.78, 5) is 14.4. The van der Waals surface area contributed by atoms with Crippen LogP contribution in [0.1, 0.15) is 11.1 Å². The van der Waals surface area contributed by atoms with Crippen molar-refractivity contribution < 1.29 is 9.90 Å². The summed E-state index contributed by atoms with van der Waals surface area (Å²) in [6, 6.07) is 7.86. The maximum Gasteiger partial charge on any atom is 0.328 e. The molecule has 0 saturated carbocycles. The number of rotatable bonds is 5. The van der Waals surface area contributed by atoms with Crippen LogP contribution in [0.4, 0.5) is 0 Å². The lowest BCUT2D eigenvalue weighted by molar-refractivity contribution is -0.131. The van der Waals surface area contributed by atoms with E-state index in [4.69, 9.17) is 5.11 Å². The number of aryl methyl sites for hydroxylation is 2. The van der Waals surface area contributed by atoms with Crippen LogP contribution in [0.15, 0.2) is 49.1 Å². The standard InChI is InChI=1S/C14H14N2O2/c17-14(18)6-5-12-1-3-13(4-2-12)7-9-16-10-8-15-11-16/h1-6,8,10-11H,7,9H2,(H,17,18)/b6-5+. The maximum atomic E-state index is 10.4. The van der Waals surface area contributed by atoms with Gasteiger partial charge in [-0.2, -0.15) is 0 Å². The number of benzene rings is 1. The lowest BCUT2D eigenvalue weighted by Gasteiger charge is -2.03. The zero-order chi connectivity index (χ0) is 12.8. The zero-order valence-electron chi connectivity index (χ0n) is 9.86. The molecule has 0 unspecified atom stereocenters. The van der Waals surface area contributed by atoms with Gasteiger partial charge in [-0.25, -0.2) is 9.78 Å². The van der Waals surface area contributed by atoms with Crippen molar-refractivity contribution in [3.63, 3.8) is 0 Å². The number of imidazole rings is 1. The van der Waals surface area contributed by atoms with Gasteiger partial charge < -0.3 is 9.67 Å². The van der Waals surface area contributed by atoms with Crippen molar-refractivity contribution in [1.82, 2.24) is 9.55 Å². The summed E-state index contributed by atoms with van der Waals surface area (Å²) >= 11 is 0.